The van der Waals surface area contributed by atoms with Gasteiger partial charge in [-0.2, -0.15) is 0 Å². The highest BCUT2D eigenvalue weighted by Crippen LogP contribution is 2.20. The molecule has 0 atom stereocenters. The highest BCUT2D eigenvalue weighted by atomic mass is 35.5. The molecule has 1 aromatic rings. The molecule has 0 bridgehead atoms. The van der Waals surface area contributed by atoms with Crippen LogP contribution in [0.15, 0.2) is 18.2 Å². The highest BCUT2D eigenvalue weighted by Gasteiger charge is 2.12. The fraction of sp³-hybridized carbons (Fsp3) is 0.533. The van der Waals surface area contributed by atoms with Gasteiger partial charge in [0.2, 0.25) is 0 Å². The second-order valence-electron chi connectivity index (χ2n) is 5.23. The minimum Gasteiger partial charge on any atom is -0.478 e. The first kappa shape index (κ1) is 17.0. The van der Waals surface area contributed by atoms with Crippen LogP contribution in [0.25, 0.3) is 0 Å². The monoisotopic (exact) mass is 299 g/mol. The van der Waals surface area contributed by atoms with Gasteiger partial charge in [0.15, 0.2) is 0 Å². The number of halogens is 1. The van der Waals surface area contributed by atoms with Crippen molar-refractivity contribution in [3.8, 4) is 0 Å². The van der Waals surface area contributed by atoms with E-state index in [2.05, 4.69) is 18.7 Å². The van der Waals surface area contributed by atoms with E-state index in [1.165, 1.54) is 6.07 Å². The molecule has 0 aliphatic carbocycles. The Balaban J connectivity index is 2.79. The van der Waals surface area contributed by atoms with Gasteiger partial charge in [0.25, 0.3) is 0 Å². The van der Waals surface area contributed by atoms with Gasteiger partial charge in [-0.1, -0.05) is 31.5 Å². The summed E-state index contributed by atoms with van der Waals surface area (Å²) in [7, 11) is 1.68. The van der Waals surface area contributed by atoms with Crippen LogP contribution < -0.4 is 0 Å². The number of nitrogens with zero attached hydrogens (tertiary/aromatic N) is 1. The summed E-state index contributed by atoms with van der Waals surface area (Å²) in [5.41, 5.74) is 1.15. The quantitative estimate of drug-likeness (QED) is 0.801. The van der Waals surface area contributed by atoms with Gasteiger partial charge in [0, 0.05) is 31.8 Å². The molecule has 0 aliphatic heterocycles. The van der Waals surface area contributed by atoms with Crippen LogP contribution in [0.1, 0.15) is 29.8 Å². The molecule has 1 N–H and O–H groups in total. The molecule has 112 valence electrons. The number of benzene rings is 1. The molecule has 0 aliphatic rings. The largest absolute Gasteiger partial charge is 0.478 e. The molecule has 0 saturated heterocycles. The number of aromatic carboxylic acids is 1. The predicted octanol–water partition coefficient (Wildman–Crippen LogP) is 3.14. The number of carbonyl (C=O) groups is 1. The summed E-state index contributed by atoms with van der Waals surface area (Å²) in [6.07, 6.45) is 0. The molecule has 0 radical (unpaired) electrons. The number of carboxylic acids is 1. The van der Waals surface area contributed by atoms with Crippen molar-refractivity contribution >= 4 is 17.6 Å². The maximum absolute atomic E-state index is 10.9. The maximum Gasteiger partial charge on any atom is 0.335 e. The van der Waals surface area contributed by atoms with E-state index < -0.39 is 5.97 Å². The van der Waals surface area contributed by atoms with Crippen LogP contribution in [0.3, 0.4) is 0 Å². The zero-order valence-corrected chi connectivity index (χ0v) is 13.0. The molecular formula is C15H22ClNO3. The van der Waals surface area contributed by atoms with Gasteiger partial charge in [0.05, 0.1) is 12.2 Å². The summed E-state index contributed by atoms with van der Waals surface area (Å²) in [5.74, 6) is -0.416. The van der Waals surface area contributed by atoms with Gasteiger partial charge in [-0.05, 0) is 23.6 Å². The lowest BCUT2D eigenvalue weighted by molar-refractivity contribution is 0.0697. The molecule has 0 aromatic heterocycles. The van der Waals surface area contributed by atoms with E-state index in [1.807, 2.05) is 0 Å². The molecule has 0 amide bonds. The Labute approximate surface area is 125 Å². The van der Waals surface area contributed by atoms with Gasteiger partial charge in [-0.3, -0.25) is 4.90 Å². The first-order valence-electron chi connectivity index (χ1n) is 6.67. The average molecular weight is 300 g/mol. The number of ether oxygens (including phenoxy) is 1. The van der Waals surface area contributed by atoms with Gasteiger partial charge >= 0.3 is 5.97 Å². The molecule has 1 aromatic carbocycles. The topological polar surface area (TPSA) is 49.8 Å². The van der Waals surface area contributed by atoms with Crippen molar-refractivity contribution in [3.63, 3.8) is 0 Å². The Morgan fingerprint density at radius 2 is 2.15 bits per heavy atom. The summed E-state index contributed by atoms with van der Waals surface area (Å²) >= 11 is 6.17. The molecule has 0 heterocycles. The van der Waals surface area contributed by atoms with Crippen molar-refractivity contribution in [1.82, 2.24) is 4.90 Å². The maximum atomic E-state index is 10.9. The molecule has 20 heavy (non-hydrogen) atoms. The molecule has 0 unspecified atom stereocenters. The molecule has 0 fully saturated rings. The van der Waals surface area contributed by atoms with Crippen LogP contribution in [-0.2, 0) is 11.3 Å². The Kier molecular flexibility index (Phi) is 6.99. The van der Waals surface area contributed by atoms with Crippen molar-refractivity contribution < 1.29 is 14.6 Å². The van der Waals surface area contributed by atoms with Crippen LogP contribution in [0.2, 0.25) is 5.02 Å². The van der Waals surface area contributed by atoms with E-state index in [0.29, 0.717) is 24.1 Å². The molecule has 1 rings (SSSR count). The Bertz CT molecular complexity index is 449. The van der Waals surface area contributed by atoms with E-state index >= 15 is 0 Å². The predicted molar refractivity (Wildman–Crippen MR) is 80.4 cm³/mol. The second kappa shape index (κ2) is 8.25. The number of methoxy groups -OCH3 is 1. The van der Waals surface area contributed by atoms with E-state index in [4.69, 9.17) is 21.4 Å². The fourth-order valence-corrected chi connectivity index (χ4v) is 2.26. The summed E-state index contributed by atoms with van der Waals surface area (Å²) in [5, 5.41) is 9.43. The summed E-state index contributed by atoms with van der Waals surface area (Å²) in [4.78, 5) is 13.1. The smallest absolute Gasteiger partial charge is 0.335 e. The molecule has 0 saturated carbocycles. The summed E-state index contributed by atoms with van der Waals surface area (Å²) < 4.78 is 5.12. The SMILES string of the molecule is COCCN(Cc1ccc(C(=O)O)cc1Cl)CC(C)C. The average Bonchev–Trinajstić information content (AvgIpc) is 2.37. The Morgan fingerprint density at radius 1 is 1.45 bits per heavy atom. The zero-order chi connectivity index (χ0) is 15.1. The first-order chi connectivity index (χ1) is 9.43. The first-order valence-corrected chi connectivity index (χ1v) is 7.04. The normalized spacial score (nSPS) is 11.3. The number of hydrogen-bond donors (Lipinski definition) is 1. The number of hydrogen-bond acceptors (Lipinski definition) is 3. The van der Waals surface area contributed by atoms with Crippen LogP contribution in [0, 0.1) is 5.92 Å². The highest BCUT2D eigenvalue weighted by molar-refractivity contribution is 6.31. The van der Waals surface area contributed by atoms with Gasteiger partial charge < -0.3 is 9.84 Å². The summed E-state index contributed by atoms with van der Waals surface area (Å²) in [6.45, 7) is 7.45. The number of carboxylic acid groups (broad SMARTS) is 1. The minimum atomic E-state index is -0.961. The third kappa shape index (κ3) is 5.49. The third-order valence-corrected chi connectivity index (χ3v) is 3.28. The van der Waals surface area contributed by atoms with Crippen molar-refractivity contribution in [2.75, 3.05) is 26.8 Å². The van der Waals surface area contributed by atoms with Crippen LogP contribution >= 0.6 is 11.6 Å². The minimum absolute atomic E-state index is 0.214. The van der Waals surface area contributed by atoms with Crippen LogP contribution in [0.5, 0.6) is 0 Å². The molecule has 0 spiro atoms. The van der Waals surface area contributed by atoms with Gasteiger partial charge in [-0.15, -0.1) is 0 Å². The van der Waals surface area contributed by atoms with Crippen molar-refractivity contribution in [2.24, 2.45) is 5.92 Å². The Morgan fingerprint density at radius 3 is 2.65 bits per heavy atom. The van der Waals surface area contributed by atoms with Gasteiger partial charge in [0.1, 0.15) is 0 Å². The third-order valence-electron chi connectivity index (χ3n) is 2.93. The molecule has 4 nitrogen and oxygen atoms in total. The van der Waals surface area contributed by atoms with Crippen LogP contribution in [0.4, 0.5) is 0 Å². The molecular weight excluding hydrogens is 278 g/mol. The van der Waals surface area contributed by atoms with E-state index in [0.717, 1.165) is 18.7 Å². The van der Waals surface area contributed by atoms with Crippen molar-refractivity contribution in [3.05, 3.63) is 34.3 Å². The van der Waals surface area contributed by atoms with E-state index in [9.17, 15) is 4.79 Å². The lowest BCUT2D eigenvalue weighted by atomic mass is 10.1. The van der Waals surface area contributed by atoms with E-state index in [-0.39, 0.29) is 5.56 Å². The Hall–Kier alpha value is -1.10. The van der Waals surface area contributed by atoms with Crippen molar-refractivity contribution in [2.45, 2.75) is 20.4 Å². The zero-order valence-electron chi connectivity index (χ0n) is 12.2. The van der Waals surface area contributed by atoms with E-state index in [1.54, 1.807) is 19.2 Å². The standard InChI is InChI=1S/C15H22ClNO3/c1-11(2)9-17(6-7-20-3)10-13-5-4-12(15(18)19)8-14(13)16/h4-5,8,11H,6-7,9-10H2,1-3H3,(H,18,19). The fourth-order valence-electron chi connectivity index (χ4n) is 2.02. The van der Waals surface area contributed by atoms with Crippen LogP contribution in [-0.4, -0.2) is 42.8 Å². The summed E-state index contributed by atoms with van der Waals surface area (Å²) in [6, 6.07) is 4.88. The number of rotatable bonds is 8. The van der Waals surface area contributed by atoms with Crippen molar-refractivity contribution in [1.29, 1.82) is 0 Å². The second-order valence-corrected chi connectivity index (χ2v) is 5.64. The lowest BCUT2D eigenvalue weighted by Gasteiger charge is -2.24. The molecule has 5 heteroatoms. The lowest BCUT2D eigenvalue weighted by Crippen LogP contribution is -2.30. The van der Waals surface area contributed by atoms with Gasteiger partial charge in [-0.25, -0.2) is 4.79 Å².